The molecule has 0 aromatic carbocycles. The third kappa shape index (κ3) is 1.08. The van der Waals surface area contributed by atoms with E-state index in [4.69, 9.17) is 5.11 Å². The fourth-order valence-corrected chi connectivity index (χ4v) is 0.710. The van der Waals surface area contributed by atoms with E-state index in [1.165, 1.54) is 0 Å². The number of carbonyl (C=O) groups excluding carboxylic acids is 2. The predicted molar refractivity (Wildman–Crippen MR) is 25.5 cm³/mol. The molecular weight excluding hydrogens is 140 g/mol. The fourth-order valence-electron chi connectivity index (χ4n) is 0.710. The van der Waals surface area contributed by atoms with Gasteiger partial charge in [-0.05, 0) is 0 Å². The third-order valence-corrected chi connectivity index (χ3v) is 1.23. The van der Waals surface area contributed by atoms with Crippen molar-refractivity contribution < 1.29 is 24.5 Å². The Kier molecular flexibility index (Phi) is 1.58. The van der Waals surface area contributed by atoms with E-state index < -0.39 is 24.1 Å². The van der Waals surface area contributed by atoms with Gasteiger partial charge >= 0.3 is 5.97 Å². The summed E-state index contributed by atoms with van der Waals surface area (Å²) in [5.41, 5.74) is 0. The summed E-state index contributed by atoms with van der Waals surface area (Å²) < 4.78 is 4.18. The minimum absolute atomic E-state index is 0.207. The molecule has 0 amide bonds. The van der Waals surface area contributed by atoms with Crippen LogP contribution in [0.15, 0.2) is 0 Å². The smallest absolute Gasteiger partial charge is 0.335 e. The van der Waals surface area contributed by atoms with Crippen molar-refractivity contribution in [2.45, 2.75) is 18.6 Å². The Labute approximate surface area is 56.2 Å². The number of carbonyl (C=O) groups is 2. The topological polar surface area (TPSA) is 86.7 Å². The van der Waals surface area contributed by atoms with Crippen molar-refractivity contribution in [3.63, 3.8) is 0 Å². The van der Waals surface area contributed by atoms with Gasteiger partial charge in [0.05, 0.1) is 5.97 Å². The molecule has 5 heteroatoms. The maximum atomic E-state index is 10.3. The van der Waals surface area contributed by atoms with Gasteiger partial charge in [-0.15, -0.1) is 0 Å². The molecule has 1 saturated heterocycles. The Morgan fingerprint density at radius 3 is 2.60 bits per heavy atom. The van der Waals surface area contributed by atoms with Crippen LogP contribution in [0.25, 0.3) is 0 Å². The Hall–Kier alpha value is -1.10. The van der Waals surface area contributed by atoms with E-state index in [1.54, 1.807) is 0 Å². The van der Waals surface area contributed by atoms with E-state index in [0.29, 0.717) is 0 Å². The predicted octanol–water partition coefficient (Wildman–Crippen LogP) is -2.59. The van der Waals surface area contributed by atoms with Crippen LogP contribution < -0.4 is 5.11 Å². The van der Waals surface area contributed by atoms with Gasteiger partial charge in [0.2, 0.25) is 0 Å². The SMILES string of the molecule is O=C1OC(C(=O)[O-])CC1O. The molecule has 0 aromatic rings. The van der Waals surface area contributed by atoms with Crippen LogP contribution in [-0.4, -0.2) is 29.3 Å². The Bertz CT molecular complexity index is 175. The van der Waals surface area contributed by atoms with Crippen molar-refractivity contribution in [1.29, 1.82) is 0 Å². The molecule has 2 atom stereocenters. The molecule has 0 spiro atoms. The van der Waals surface area contributed by atoms with E-state index in [1.807, 2.05) is 0 Å². The highest BCUT2D eigenvalue weighted by Gasteiger charge is 2.33. The van der Waals surface area contributed by atoms with Crippen LogP contribution in [-0.2, 0) is 14.3 Å². The average Bonchev–Trinajstić information content (AvgIpc) is 2.13. The highest BCUT2D eigenvalue weighted by Crippen LogP contribution is 2.13. The van der Waals surface area contributed by atoms with Crippen LogP contribution in [0.3, 0.4) is 0 Å². The number of ether oxygens (including phenoxy) is 1. The van der Waals surface area contributed by atoms with Crippen LogP contribution in [0, 0.1) is 0 Å². The van der Waals surface area contributed by atoms with E-state index in [2.05, 4.69) is 4.74 Å². The van der Waals surface area contributed by atoms with Crippen molar-refractivity contribution in [3.8, 4) is 0 Å². The van der Waals surface area contributed by atoms with Crippen LogP contribution in [0.2, 0.25) is 0 Å². The lowest BCUT2D eigenvalue weighted by Gasteiger charge is -2.07. The number of hydrogen-bond acceptors (Lipinski definition) is 5. The zero-order valence-corrected chi connectivity index (χ0v) is 4.94. The molecule has 1 aliphatic heterocycles. The van der Waals surface area contributed by atoms with Gasteiger partial charge in [-0.3, -0.25) is 0 Å². The second-order valence-electron chi connectivity index (χ2n) is 2.00. The number of aliphatic carboxylic acids is 1. The minimum Gasteiger partial charge on any atom is -0.546 e. The monoisotopic (exact) mass is 145 g/mol. The number of aliphatic hydroxyl groups is 1. The summed E-state index contributed by atoms with van der Waals surface area (Å²) in [5.74, 6) is -2.36. The number of rotatable bonds is 1. The van der Waals surface area contributed by atoms with E-state index >= 15 is 0 Å². The van der Waals surface area contributed by atoms with Gasteiger partial charge in [-0.25, -0.2) is 4.79 Å². The standard InChI is InChI=1S/C5H6O5/c6-2-1-3(4(7)8)10-5(2)9/h2-3,6H,1H2,(H,7,8)/p-1. The first-order valence-corrected chi connectivity index (χ1v) is 2.70. The Balaban J connectivity index is 2.57. The highest BCUT2D eigenvalue weighted by molar-refractivity contribution is 5.83. The van der Waals surface area contributed by atoms with Gasteiger partial charge in [0.15, 0.2) is 6.10 Å². The first-order chi connectivity index (χ1) is 4.61. The van der Waals surface area contributed by atoms with E-state index in [0.717, 1.165) is 0 Å². The molecule has 1 aliphatic rings. The van der Waals surface area contributed by atoms with Gasteiger partial charge in [0.1, 0.15) is 6.10 Å². The lowest BCUT2D eigenvalue weighted by Crippen LogP contribution is -2.35. The first kappa shape index (κ1) is 7.01. The molecule has 2 unspecified atom stereocenters. The summed E-state index contributed by atoms with van der Waals surface area (Å²) in [7, 11) is 0. The van der Waals surface area contributed by atoms with Crippen molar-refractivity contribution in [3.05, 3.63) is 0 Å². The average molecular weight is 145 g/mol. The minimum atomic E-state index is -1.47. The summed E-state index contributed by atoms with van der Waals surface area (Å²) in [4.78, 5) is 20.3. The molecule has 0 aromatic heterocycles. The molecule has 5 nitrogen and oxygen atoms in total. The Morgan fingerprint density at radius 2 is 2.40 bits per heavy atom. The number of hydrogen-bond donors (Lipinski definition) is 1. The summed E-state index contributed by atoms with van der Waals surface area (Å²) in [5, 5.41) is 18.6. The molecule has 1 N–H and O–H groups in total. The summed E-state index contributed by atoms with van der Waals surface area (Å²) >= 11 is 0. The van der Waals surface area contributed by atoms with Crippen LogP contribution >= 0.6 is 0 Å². The quantitative estimate of drug-likeness (QED) is 0.409. The summed E-state index contributed by atoms with van der Waals surface area (Å²) in [6.07, 6.45) is -2.79. The second kappa shape index (κ2) is 2.26. The molecule has 0 radical (unpaired) electrons. The highest BCUT2D eigenvalue weighted by atomic mass is 16.6. The second-order valence-corrected chi connectivity index (χ2v) is 2.00. The molecule has 0 bridgehead atoms. The van der Waals surface area contributed by atoms with Crippen molar-refractivity contribution in [2.75, 3.05) is 0 Å². The van der Waals surface area contributed by atoms with Crippen LogP contribution in [0.5, 0.6) is 0 Å². The zero-order chi connectivity index (χ0) is 7.72. The molecule has 56 valence electrons. The van der Waals surface area contributed by atoms with E-state index in [-0.39, 0.29) is 6.42 Å². The van der Waals surface area contributed by atoms with Crippen LogP contribution in [0.1, 0.15) is 6.42 Å². The number of aliphatic hydroxyl groups excluding tert-OH is 1. The lowest BCUT2D eigenvalue weighted by atomic mass is 10.2. The maximum absolute atomic E-state index is 10.3. The Morgan fingerprint density at radius 1 is 1.80 bits per heavy atom. The van der Waals surface area contributed by atoms with E-state index in [9.17, 15) is 14.7 Å². The molecular formula is C5H5O5-. The van der Waals surface area contributed by atoms with Crippen molar-refractivity contribution in [2.24, 2.45) is 0 Å². The summed E-state index contributed by atoms with van der Waals surface area (Å²) in [6, 6.07) is 0. The number of esters is 1. The molecule has 1 fully saturated rings. The molecule has 0 saturated carbocycles. The molecule has 1 rings (SSSR count). The normalized spacial score (nSPS) is 31.9. The molecule has 0 aliphatic carbocycles. The molecule has 10 heavy (non-hydrogen) atoms. The van der Waals surface area contributed by atoms with Gasteiger partial charge in [-0.1, -0.05) is 0 Å². The lowest BCUT2D eigenvalue weighted by molar-refractivity contribution is -0.314. The maximum Gasteiger partial charge on any atom is 0.335 e. The number of carboxylic acid groups (broad SMARTS) is 1. The van der Waals surface area contributed by atoms with Gasteiger partial charge in [-0.2, -0.15) is 0 Å². The van der Waals surface area contributed by atoms with Crippen LogP contribution in [0.4, 0.5) is 0 Å². The van der Waals surface area contributed by atoms with Gasteiger partial charge in [0, 0.05) is 6.42 Å². The number of cyclic esters (lactones) is 1. The van der Waals surface area contributed by atoms with Gasteiger partial charge < -0.3 is 19.7 Å². The number of carboxylic acids is 1. The van der Waals surface area contributed by atoms with Crippen molar-refractivity contribution >= 4 is 11.9 Å². The fraction of sp³-hybridized carbons (Fsp3) is 0.600. The summed E-state index contributed by atoms with van der Waals surface area (Å²) in [6.45, 7) is 0. The van der Waals surface area contributed by atoms with Crippen molar-refractivity contribution in [1.82, 2.24) is 0 Å². The van der Waals surface area contributed by atoms with Gasteiger partial charge in [0.25, 0.3) is 0 Å². The molecule has 1 heterocycles. The largest absolute Gasteiger partial charge is 0.546 e. The zero-order valence-electron chi connectivity index (χ0n) is 4.94. The third-order valence-electron chi connectivity index (χ3n) is 1.23. The first-order valence-electron chi connectivity index (χ1n) is 2.70.